The van der Waals surface area contributed by atoms with Crippen molar-refractivity contribution in [3.63, 3.8) is 0 Å². The number of nitrogens with one attached hydrogen (secondary N) is 1. The predicted octanol–water partition coefficient (Wildman–Crippen LogP) is 3.78. The topological polar surface area (TPSA) is 73.2 Å². The summed E-state index contributed by atoms with van der Waals surface area (Å²) in [5.41, 5.74) is 1.05. The Balaban J connectivity index is 1.90. The lowest BCUT2D eigenvalue weighted by Gasteiger charge is -2.18. The molecule has 0 saturated heterocycles. The molecule has 6 nitrogen and oxygen atoms in total. The number of benzene rings is 1. The maximum Gasteiger partial charge on any atom is 0.244 e. The fraction of sp³-hybridized carbons (Fsp3) is 0.550. The SMILES string of the molecule is COc1ccccc1CNS(=O)(=O)c1cn(C2CCCC2)nc1C(C)(C)C. The van der Waals surface area contributed by atoms with Crippen LogP contribution in [-0.4, -0.2) is 25.3 Å². The summed E-state index contributed by atoms with van der Waals surface area (Å²) < 4.78 is 36.1. The highest BCUT2D eigenvalue weighted by molar-refractivity contribution is 7.89. The maximum atomic E-state index is 13.1. The first-order chi connectivity index (χ1) is 12.7. The largest absolute Gasteiger partial charge is 0.496 e. The number of nitrogens with zero attached hydrogens (tertiary/aromatic N) is 2. The third kappa shape index (κ3) is 4.35. The van der Waals surface area contributed by atoms with Crippen LogP contribution in [-0.2, 0) is 22.0 Å². The molecule has 1 saturated carbocycles. The van der Waals surface area contributed by atoms with E-state index in [9.17, 15) is 8.42 Å². The number of sulfonamides is 1. The number of ether oxygens (including phenoxy) is 1. The van der Waals surface area contributed by atoms with Crippen molar-refractivity contribution in [3.8, 4) is 5.75 Å². The monoisotopic (exact) mass is 391 g/mol. The van der Waals surface area contributed by atoms with E-state index >= 15 is 0 Å². The van der Waals surface area contributed by atoms with Crippen LogP contribution >= 0.6 is 0 Å². The Kier molecular flexibility index (Phi) is 5.63. The molecular weight excluding hydrogens is 362 g/mol. The van der Waals surface area contributed by atoms with Crippen LogP contribution in [0.3, 0.4) is 0 Å². The van der Waals surface area contributed by atoms with E-state index in [1.807, 2.05) is 49.7 Å². The van der Waals surface area contributed by atoms with Crippen LogP contribution < -0.4 is 9.46 Å². The van der Waals surface area contributed by atoms with Crippen LogP contribution in [0.1, 0.15) is 63.8 Å². The molecule has 0 amide bonds. The van der Waals surface area contributed by atoms with Crippen molar-refractivity contribution in [1.29, 1.82) is 0 Å². The molecule has 148 valence electrons. The summed E-state index contributed by atoms with van der Waals surface area (Å²) in [6, 6.07) is 7.70. The molecule has 0 radical (unpaired) electrons. The molecule has 1 aromatic heterocycles. The highest BCUT2D eigenvalue weighted by Crippen LogP contribution is 2.33. The van der Waals surface area contributed by atoms with Gasteiger partial charge in [-0.25, -0.2) is 13.1 Å². The van der Waals surface area contributed by atoms with Gasteiger partial charge >= 0.3 is 0 Å². The standard InChI is InChI=1S/C20H29N3O3S/c1-20(2,3)19-18(14-23(22-19)16-10-6-7-11-16)27(24,25)21-13-15-9-5-8-12-17(15)26-4/h5,8-9,12,14,16,21H,6-7,10-11,13H2,1-4H3. The first-order valence-electron chi connectivity index (χ1n) is 9.43. The number of para-hydroxylation sites is 1. The molecule has 1 aliphatic carbocycles. The second-order valence-corrected chi connectivity index (χ2v) is 9.88. The minimum Gasteiger partial charge on any atom is -0.496 e. The van der Waals surface area contributed by atoms with Gasteiger partial charge in [-0.2, -0.15) is 5.10 Å². The molecule has 7 heteroatoms. The minimum atomic E-state index is -3.69. The molecule has 1 fully saturated rings. The Labute approximate surface area is 162 Å². The predicted molar refractivity (Wildman–Crippen MR) is 105 cm³/mol. The molecule has 1 N–H and O–H groups in total. The molecule has 1 aliphatic rings. The summed E-state index contributed by atoms with van der Waals surface area (Å²) in [7, 11) is -2.11. The average Bonchev–Trinajstić information content (AvgIpc) is 3.29. The van der Waals surface area contributed by atoms with Gasteiger partial charge in [0.05, 0.1) is 18.8 Å². The summed E-state index contributed by atoms with van der Waals surface area (Å²) in [4.78, 5) is 0.275. The molecule has 2 aromatic rings. The average molecular weight is 392 g/mol. The molecule has 0 spiro atoms. The number of rotatable bonds is 6. The van der Waals surface area contributed by atoms with Gasteiger partial charge in [-0.05, 0) is 18.9 Å². The van der Waals surface area contributed by atoms with Crippen molar-refractivity contribution in [1.82, 2.24) is 14.5 Å². The highest BCUT2D eigenvalue weighted by Gasteiger charge is 2.31. The lowest BCUT2D eigenvalue weighted by atomic mass is 9.92. The zero-order chi connectivity index (χ0) is 19.7. The molecule has 0 bridgehead atoms. The van der Waals surface area contributed by atoms with E-state index in [4.69, 9.17) is 9.84 Å². The molecule has 0 aliphatic heterocycles. The number of aromatic nitrogens is 2. The van der Waals surface area contributed by atoms with Crippen molar-refractivity contribution in [2.24, 2.45) is 0 Å². The van der Waals surface area contributed by atoms with E-state index in [1.165, 1.54) is 12.8 Å². The normalized spacial score (nSPS) is 16.0. The molecule has 1 heterocycles. The van der Waals surface area contributed by atoms with Crippen molar-refractivity contribution < 1.29 is 13.2 Å². The van der Waals surface area contributed by atoms with Crippen molar-refractivity contribution in [2.75, 3.05) is 7.11 Å². The van der Waals surface area contributed by atoms with E-state index < -0.39 is 10.0 Å². The fourth-order valence-corrected chi connectivity index (χ4v) is 4.90. The van der Waals surface area contributed by atoms with Crippen molar-refractivity contribution in [2.45, 2.75) is 69.4 Å². The molecule has 0 atom stereocenters. The molecule has 0 unspecified atom stereocenters. The van der Waals surface area contributed by atoms with Gasteiger partial charge in [0.25, 0.3) is 0 Å². The van der Waals surface area contributed by atoms with Crippen LogP contribution in [0.4, 0.5) is 0 Å². The van der Waals surface area contributed by atoms with Crippen LogP contribution in [0, 0.1) is 0 Å². The lowest BCUT2D eigenvalue weighted by Crippen LogP contribution is -2.26. The summed E-state index contributed by atoms with van der Waals surface area (Å²) >= 11 is 0. The number of methoxy groups -OCH3 is 1. The van der Waals surface area contributed by atoms with E-state index in [-0.39, 0.29) is 16.9 Å². The summed E-state index contributed by atoms with van der Waals surface area (Å²) in [6.45, 7) is 6.15. The van der Waals surface area contributed by atoms with Crippen molar-refractivity contribution in [3.05, 3.63) is 41.7 Å². The third-order valence-electron chi connectivity index (χ3n) is 5.04. The fourth-order valence-electron chi connectivity index (χ4n) is 3.55. The quantitative estimate of drug-likeness (QED) is 0.813. The Morgan fingerprint density at radius 1 is 1.22 bits per heavy atom. The van der Waals surface area contributed by atoms with Gasteiger partial charge in [0.2, 0.25) is 10.0 Å². The van der Waals surface area contributed by atoms with Gasteiger partial charge < -0.3 is 4.74 Å². The van der Waals surface area contributed by atoms with E-state index in [0.29, 0.717) is 17.5 Å². The second kappa shape index (κ2) is 7.64. The Bertz CT molecular complexity index is 891. The third-order valence-corrected chi connectivity index (χ3v) is 6.44. The van der Waals surface area contributed by atoms with Gasteiger partial charge in [0, 0.05) is 23.7 Å². The van der Waals surface area contributed by atoms with Crippen molar-refractivity contribution >= 4 is 10.0 Å². The Morgan fingerprint density at radius 2 is 1.89 bits per heavy atom. The van der Waals surface area contributed by atoms with Gasteiger partial charge in [-0.15, -0.1) is 0 Å². The van der Waals surface area contributed by atoms with Gasteiger partial charge in [-0.3, -0.25) is 4.68 Å². The number of hydrogen-bond acceptors (Lipinski definition) is 4. The van der Waals surface area contributed by atoms with Crippen LogP contribution in [0.15, 0.2) is 35.4 Å². The van der Waals surface area contributed by atoms with Gasteiger partial charge in [0.1, 0.15) is 10.6 Å². The van der Waals surface area contributed by atoms with Crippen LogP contribution in [0.25, 0.3) is 0 Å². The number of hydrogen-bond donors (Lipinski definition) is 1. The first-order valence-corrected chi connectivity index (χ1v) is 10.9. The summed E-state index contributed by atoms with van der Waals surface area (Å²) in [6.07, 6.45) is 6.16. The Hall–Kier alpha value is -1.86. The minimum absolute atomic E-state index is 0.171. The smallest absolute Gasteiger partial charge is 0.244 e. The van der Waals surface area contributed by atoms with E-state index in [2.05, 4.69) is 4.72 Å². The highest BCUT2D eigenvalue weighted by atomic mass is 32.2. The van der Waals surface area contributed by atoms with Crippen LogP contribution in [0.2, 0.25) is 0 Å². The molecular formula is C20H29N3O3S. The zero-order valence-electron chi connectivity index (χ0n) is 16.5. The maximum absolute atomic E-state index is 13.1. The second-order valence-electron chi connectivity index (χ2n) is 8.15. The zero-order valence-corrected chi connectivity index (χ0v) is 17.3. The van der Waals surface area contributed by atoms with Gasteiger partial charge in [0.15, 0.2) is 0 Å². The van der Waals surface area contributed by atoms with E-state index in [0.717, 1.165) is 18.4 Å². The Morgan fingerprint density at radius 3 is 2.52 bits per heavy atom. The molecule has 3 rings (SSSR count). The molecule has 27 heavy (non-hydrogen) atoms. The lowest BCUT2D eigenvalue weighted by molar-refractivity contribution is 0.409. The summed E-state index contributed by atoms with van der Waals surface area (Å²) in [5.74, 6) is 0.665. The summed E-state index contributed by atoms with van der Waals surface area (Å²) in [5, 5.41) is 4.69. The van der Waals surface area contributed by atoms with E-state index in [1.54, 1.807) is 13.3 Å². The molecule has 1 aromatic carbocycles. The first kappa shape index (κ1) is 19.9. The van der Waals surface area contributed by atoms with Crippen LogP contribution in [0.5, 0.6) is 5.75 Å². The van der Waals surface area contributed by atoms with Gasteiger partial charge in [-0.1, -0.05) is 51.8 Å².